The van der Waals surface area contributed by atoms with E-state index in [0.717, 1.165) is 30.4 Å². The van der Waals surface area contributed by atoms with Crippen LogP contribution in [0.15, 0.2) is 29.3 Å². The number of benzene rings is 1. The van der Waals surface area contributed by atoms with Gasteiger partial charge < -0.3 is 24.8 Å². The normalized spacial score (nSPS) is 10.8. The summed E-state index contributed by atoms with van der Waals surface area (Å²) < 4.78 is 16.2. The second kappa shape index (κ2) is 11.9. The smallest absolute Gasteiger partial charge is 0.191 e. The number of hydrogen-bond donors (Lipinski definition) is 2. The second-order valence-electron chi connectivity index (χ2n) is 5.58. The Morgan fingerprint density at radius 2 is 1.67 bits per heavy atom. The van der Waals surface area contributed by atoms with Crippen molar-refractivity contribution in [2.75, 3.05) is 27.9 Å². The Hall–Kier alpha value is -1.68. The van der Waals surface area contributed by atoms with Crippen molar-refractivity contribution in [3.8, 4) is 17.2 Å². The molecule has 27 heavy (non-hydrogen) atoms. The van der Waals surface area contributed by atoms with Crippen LogP contribution in [-0.2, 0) is 13.1 Å². The number of aryl methyl sites for hydroxylation is 1. The number of aliphatic imine (C=N–C) groups is 1. The molecule has 2 rings (SSSR count). The van der Waals surface area contributed by atoms with Crippen molar-refractivity contribution in [1.29, 1.82) is 0 Å². The van der Waals surface area contributed by atoms with E-state index < -0.39 is 0 Å². The van der Waals surface area contributed by atoms with Gasteiger partial charge in [0.05, 0.1) is 34.4 Å². The van der Waals surface area contributed by atoms with Crippen LogP contribution >= 0.6 is 35.3 Å². The number of methoxy groups -OCH3 is 3. The first kappa shape index (κ1) is 23.4. The molecule has 0 spiro atoms. The fourth-order valence-corrected chi connectivity index (χ4v) is 3.30. The van der Waals surface area contributed by atoms with Crippen LogP contribution in [0.3, 0.4) is 0 Å². The van der Waals surface area contributed by atoms with Crippen molar-refractivity contribution in [3.63, 3.8) is 0 Å². The maximum absolute atomic E-state index is 5.47. The zero-order chi connectivity index (χ0) is 18.9. The van der Waals surface area contributed by atoms with Gasteiger partial charge in [-0.3, -0.25) is 0 Å². The number of nitrogens with zero attached hydrogens (tertiary/aromatic N) is 1. The summed E-state index contributed by atoms with van der Waals surface area (Å²) in [6.07, 6.45) is 0. The molecule has 0 amide bonds. The monoisotopic (exact) mass is 505 g/mol. The van der Waals surface area contributed by atoms with E-state index in [1.54, 1.807) is 32.7 Å². The zero-order valence-electron chi connectivity index (χ0n) is 16.4. The molecule has 8 heteroatoms. The molecule has 0 aliphatic rings. The molecule has 1 aromatic heterocycles. The maximum Gasteiger partial charge on any atom is 0.191 e. The average Bonchev–Trinajstić information content (AvgIpc) is 3.08. The second-order valence-corrected chi connectivity index (χ2v) is 6.95. The minimum Gasteiger partial charge on any atom is -0.496 e. The van der Waals surface area contributed by atoms with Gasteiger partial charge in [-0.25, -0.2) is 4.99 Å². The lowest BCUT2D eigenvalue weighted by Crippen LogP contribution is -2.36. The van der Waals surface area contributed by atoms with E-state index in [4.69, 9.17) is 14.2 Å². The predicted octanol–water partition coefficient (Wildman–Crippen LogP) is 3.96. The van der Waals surface area contributed by atoms with Gasteiger partial charge in [0.2, 0.25) is 0 Å². The summed E-state index contributed by atoms with van der Waals surface area (Å²) in [5.74, 6) is 2.77. The molecule has 0 saturated carbocycles. The number of hydrogen-bond acceptors (Lipinski definition) is 5. The highest BCUT2D eigenvalue weighted by atomic mass is 127. The topological polar surface area (TPSA) is 64.1 Å². The highest BCUT2D eigenvalue weighted by Gasteiger charge is 2.12. The SMILES string of the molecule is CCNC(=NCc1cc(OC)c(OC)cc1OC)NCc1ccc(C)s1.I. The van der Waals surface area contributed by atoms with Gasteiger partial charge in [-0.15, -0.1) is 35.3 Å². The van der Waals surface area contributed by atoms with Crippen LogP contribution in [0.5, 0.6) is 17.2 Å². The third kappa shape index (κ3) is 6.76. The van der Waals surface area contributed by atoms with Gasteiger partial charge in [-0.1, -0.05) is 0 Å². The van der Waals surface area contributed by atoms with Crippen molar-refractivity contribution in [2.24, 2.45) is 4.99 Å². The third-order valence-electron chi connectivity index (χ3n) is 3.76. The van der Waals surface area contributed by atoms with E-state index >= 15 is 0 Å². The minimum atomic E-state index is 0. The Morgan fingerprint density at radius 1 is 1.00 bits per heavy atom. The molecule has 0 radical (unpaired) electrons. The van der Waals surface area contributed by atoms with E-state index in [2.05, 4.69) is 34.7 Å². The lowest BCUT2D eigenvalue weighted by atomic mass is 10.1. The van der Waals surface area contributed by atoms with E-state index in [-0.39, 0.29) is 24.0 Å². The van der Waals surface area contributed by atoms with Crippen LogP contribution in [0.25, 0.3) is 0 Å². The summed E-state index contributed by atoms with van der Waals surface area (Å²) in [7, 11) is 4.86. The molecule has 0 unspecified atom stereocenters. The highest BCUT2D eigenvalue weighted by Crippen LogP contribution is 2.34. The summed E-state index contributed by atoms with van der Waals surface area (Å²) in [5, 5.41) is 6.63. The van der Waals surface area contributed by atoms with Gasteiger partial charge in [0.25, 0.3) is 0 Å². The lowest BCUT2D eigenvalue weighted by molar-refractivity contribution is 0.347. The van der Waals surface area contributed by atoms with E-state index in [1.165, 1.54) is 9.75 Å². The Labute approximate surface area is 182 Å². The highest BCUT2D eigenvalue weighted by molar-refractivity contribution is 14.0. The summed E-state index contributed by atoms with van der Waals surface area (Å²) in [4.78, 5) is 7.25. The van der Waals surface area contributed by atoms with Gasteiger partial charge in [0, 0.05) is 27.9 Å². The van der Waals surface area contributed by atoms with Gasteiger partial charge >= 0.3 is 0 Å². The Morgan fingerprint density at radius 3 is 2.22 bits per heavy atom. The van der Waals surface area contributed by atoms with Crippen molar-refractivity contribution < 1.29 is 14.2 Å². The fourth-order valence-electron chi connectivity index (χ4n) is 2.47. The molecular formula is C19H28IN3O3S. The molecular weight excluding hydrogens is 477 g/mol. The molecule has 0 bridgehead atoms. The van der Waals surface area contributed by atoms with Crippen LogP contribution in [0.2, 0.25) is 0 Å². The molecule has 1 aromatic carbocycles. The number of thiophene rings is 1. The van der Waals surface area contributed by atoms with Crippen LogP contribution in [0, 0.1) is 6.92 Å². The van der Waals surface area contributed by atoms with Gasteiger partial charge in [0.15, 0.2) is 17.5 Å². The molecule has 1 heterocycles. The Balaban J connectivity index is 0.00000364. The summed E-state index contributed by atoms with van der Waals surface area (Å²) in [6.45, 7) is 6.15. The van der Waals surface area contributed by atoms with Gasteiger partial charge in [-0.05, 0) is 32.0 Å². The molecule has 150 valence electrons. The first-order chi connectivity index (χ1) is 12.6. The first-order valence-electron chi connectivity index (χ1n) is 8.47. The standard InChI is InChI=1S/C19H27N3O3S.HI/c1-6-20-19(22-12-15-8-7-13(2)26-15)21-11-14-9-17(24-4)18(25-5)10-16(14)23-3;/h7-10H,6,11-12H2,1-5H3,(H2,20,21,22);1H. The molecule has 2 N–H and O–H groups in total. The zero-order valence-corrected chi connectivity index (χ0v) is 19.6. The molecule has 2 aromatic rings. The summed E-state index contributed by atoms with van der Waals surface area (Å²) >= 11 is 1.78. The van der Waals surface area contributed by atoms with Crippen LogP contribution in [0.4, 0.5) is 0 Å². The number of rotatable bonds is 8. The summed E-state index contributed by atoms with van der Waals surface area (Å²) in [5.41, 5.74) is 0.925. The average molecular weight is 505 g/mol. The molecule has 0 aliphatic heterocycles. The number of halogens is 1. The minimum absolute atomic E-state index is 0. The van der Waals surface area contributed by atoms with Crippen LogP contribution < -0.4 is 24.8 Å². The molecule has 0 saturated heterocycles. The lowest BCUT2D eigenvalue weighted by Gasteiger charge is -2.14. The van der Waals surface area contributed by atoms with Crippen molar-refractivity contribution in [2.45, 2.75) is 26.9 Å². The fraction of sp³-hybridized carbons (Fsp3) is 0.421. The maximum atomic E-state index is 5.47. The van der Waals surface area contributed by atoms with E-state index in [1.807, 2.05) is 19.1 Å². The molecule has 6 nitrogen and oxygen atoms in total. The third-order valence-corrected chi connectivity index (χ3v) is 4.77. The number of guanidine groups is 1. The van der Waals surface area contributed by atoms with Crippen molar-refractivity contribution in [1.82, 2.24) is 10.6 Å². The van der Waals surface area contributed by atoms with Crippen LogP contribution in [-0.4, -0.2) is 33.8 Å². The quantitative estimate of drug-likeness (QED) is 0.323. The molecule has 0 aliphatic carbocycles. The Bertz CT molecular complexity index is 750. The van der Waals surface area contributed by atoms with Crippen LogP contribution in [0.1, 0.15) is 22.2 Å². The molecule has 0 fully saturated rings. The first-order valence-corrected chi connectivity index (χ1v) is 9.29. The Kier molecular flexibility index (Phi) is 10.3. The number of ether oxygens (including phenoxy) is 3. The molecule has 0 atom stereocenters. The van der Waals surface area contributed by atoms with E-state index in [0.29, 0.717) is 18.0 Å². The van der Waals surface area contributed by atoms with Crippen molar-refractivity contribution >= 4 is 41.3 Å². The van der Waals surface area contributed by atoms with Gasteiger partial charge in [-0.2, -0.15) is 0 Å². The predicted molar refractivity (Wildman–Crippen MR) is 122 cm³/mol. The summed E-state index contributed by atoms with van der Waals surface area (Å²) in [6, 6.07) is 7.97. The number of nitrogens with one attached hydrogen (secondary N) is 2. The van der Waals surface area contributed by atoms with Crippen molar-refractivity contribution in [3.05, 3.63) is 39.6 Å². The van der Waals surface area contributed by atoms with E-state index in [9.17, 15) is 0 Å². The van der Waals surface area contributed by atoms with Gasteiger partial charge in [0.1, 0.15) is 5.75 Å². The largest absolute Gasteiger partial charge is 0.496 e.